The van der Waals surface area contributed by atoms with Crippen molar-refractivity contribution in [3.8, 4) is 22.2 Å². The van der Waals surface area contributed by atoms with Crippen LogP contribution in [0.4, 0.5) is 0 Å². The molecule has 0 radical (unpaired) electrons. The zero-order valence-electron chi connectivity index (χ0n) is 13.4. The van der Waals surface area contributed by atoms with Gasteiger partial charge in [-0.2, -0.15) is 0 Å². The largest absolute Gasteiger partial charge is 0.493 e. The predicted octanol–water partition coefficient (Wildman–Crippen LogP) is 4.00. The highest BCUT2D eigenvalue weighted by Crippen LogP contribution is 2.29. The van der Waals surface area contributed by atoms with Gasteiger partial charge in [0, 0.05) is 17.1 Å². The minimum Gasteiger partial charge on any atom is -0.493 e. The lowest BCUT2D eigenvalue weighted by atomic mass is 10.1. The Kier molecular flexibility index (Phi) is 4.86. The summed E-state index contributed by atoms with van der Waals surface area (Å²) < 4.78 is 11.1. The summed E-state index contributed by atoms with van der Waals surface area (Å²) in [7, 11) is 1.55. The second kappa shape index (κ2) is 7.23. The summed E-state index contributed by atoms with van der Waals surface area (Å²) >= 11 is 1.52. The van der Waals surface area contributed by atoms with Crippen LogP contribution in [0.15, 0.2) is 48.0 Å². The molecule has 3 aromatic rings. The number of hydrogen-bond acceptors (Lipinski definition) is 6. The van der Waals surface area contributed by atoms with Gasteiger partial charge in [-0.25, -0.2) is 4.98 Å². The summed E-state index contributed by atoms with van der Waals surface area (Å²) in [5.41, 5.74) is 2.25. The molecule has 0 aliphatic heterocycles. The first-order valence-electron chi connectivity index (χ1n) is 7.35. The van der Waals surface area contributed by atoms with E-state index < -0.39 is 0 Å². The van der Waals surface area contributed by atoms with Crippen LogP contribution in [0, 0.1) is 0 Å². The van der Waals surface area contributed by atoms with Crippen molar-refractivity contribution in [2.24, 2.45) is 0 Å². The van der Waals surface area contributed by atoms with E-state index in [0.717, 1.165) is 16.4 Å². The van der Waals surface area contributed by atoms with Gasteiger partial charge in [0.1, 0.15) is 11.6 Å². The van der Waals surface area contributed by atoms with Crippen LogP contribution in [-0.4, -0.2) is 22.9 Å². The first-order valence-corrected chi connectivity index (χ1v) is 8.23. The number of Topliss-reactive ketones (excluding diaryl/α,β-unsaturated/α-hetero) is 1. The first kappa shape index (κ1) is 16.1. The molecule has 122 valence electrons. The van der Waals surface area contributed by atoms with E-state index in [4.69, 9.17) is 9.47 Å². The average Bonchev–Trinajstić information content (AvgIpc) is 3.09. The number of carbonyl (C=O) groups excluding carboxylic acids is 1. The zero-order chi connectivity index (χ0) is 16.9. The van der Waals surface area contributed by atoms with Gasteiger partial charge in [-0.05, 0) is 37.3 Å². The molecule has 0 fully saturated rings. The van der Waals surface area contributed by atoms with Gasteiger partial charge in [-0.15, -0.1) is 11.3 Å². The topological polar surface area (TPSA) is 61.3 Å². The van der Waals surface area contributed by atoms with Crippen molar-refractivity contribution < 1.29 is 14.3 Å². The monoisotopic (exact) mass is 340 g/mol. The number of carbonyl (C=O) groups is 1. The molecule has 0 aliphatic rings. The average molecular weight is 340 g/mol. The normalized spacial score (nSPS) is 10.4. The number of nitrogens with zero attached hydrogens (tertiary/aromatic N) is 2. The summed E-state index contributed by atoms with van der Waals surface area (Å²) in [5.74, 6) is 1.09. The fourth-order valence-electron chi connectivity index (χ4n) is 2.14. The van der Waals surface area contributed by atoms with Crippen molar-refractivity contribution in [3.63, 3.8) is 0 Å². The van der Waals surface area contributed by atoms with E-state index in [1.165, 1.54) is 18.3 Å². The molecule has 0 N–H and O–H groups in total. The van der Waals surface area contributed by atoms with Gasteiger partial charge in [0.25, 0.3) is 0 Å². The van der Waals surface area contributed by atoms with Gasteiger partial charge in [0.15, 0.2) is 17.3 Å². The lowest BCUT2D eigenvalue weighted by Crippen LogP contribution is -2.00. The van der Waals surface area contributed by atoms with Gasteiger partial charge < -0.3 is 9.47 Å². The Morgan fingerprint density at radius 1 is 1.21 bits per heavy atom. The SMILES string of the molecule is COc1cc(C(C)=O)ccc1OCc1csc(-c2ccccn2)n1. The number of ketones is 1. The number of ether oxygens (including phenoxy) is 2. The minimum absolute atomic E-state index is 0.0145. The highest BCUT2D eigenvalue weighted by molar-refractivity contribution is 7.13. The highest BCUT2D eigenvalue weighted by atomic mass is 32.1. The fraction of sp³-hybridized carbons (Fsp3) is 0.167. The van der Waals surface area contributed by atoms with Crippen molar-refractivity contribution in [1.29, 1.82) is 0 Å². The van der Waals surface area contributed by atoms with Crippen LogP contribution in [0.3, 0.4) is 0 Å². The molecular weight excluding hydrogens is 324 g/mol. The second-order valence-corrected chi connectivity index (χ2v) is 5.93. The van der Waals surface area contributed by atoms with Crippen LogP contribution in [0.5, 0.6) is 11.5 Å². The second-order valence-electron chi connectivity index (χ2n) is 5.07. The number of hydrogen-bond donors (Lipinski definition) is 0. The summed E-state index contributed by atoms with van der Waals surface area (Å²) in [6, 6.07) is 10.9. The van der Waals surface area contributed by atoms with Gasteiger partial charge >= 0.3 is 0 Å². The lowest BCUT2D eigenvalue weighted by molar-refractivity contribution is 0.101. The Hall–Kier alpha value is -2.73. The molecule has 2 heterocycles. The molecule has 0 saturated carbocycles. The molecule has 0 aliphatic carbocycles. The minimum atomic E-state index is -0.0145. The van der Waals surface area contributed by atoms with Gasteiger partial charge in [-0.3, -0.25) is 9.78 Å². The third-order valence-electron chi connectivity index (χ3n) is 3.38. The van der Waals surface area contributed by atoms with Crippen molar-refractivity contribution in [3.05, 3.63) is 59.2 Å². The standard InChI is InChI=1S/C18H16N2O3S/c1-12(21)13-6-7-16(17(9-13)22-2)23-10-14-11-24-18(20-14)15-5-3-4-8-19-15/h3-9,11H,10H2,1-2H3. The Bertz CT molecular complexity index is 846. The van der Waals surface area contributed by atoms with Crippen molar-refractivity contribution in [1.82, 2.24) is 9.97 Å². The molecule has 24 heavy (non-hydrogen) atoms. The van der Waals surface area contributed by atoms with Crippen molar-refractivity contribution in [2.45, 2.75) is 13.5 Å². The molecule has 0 saturated heterocycles. The Morgan fingerprint density at radius 2 is 2.08 bits per heavy atom. The number of methoxy groups -OCH3 is 1. The summed E-state index contributed by atoms with van der Waals surface area (Å²) in [4.78, 5) is 20.3. The molecule has 3 rings (SSSR count). The lowest BCUT2D eigenvalue weighted by Gasteiger charge is -2.10. The molecule has 6 heteroatoms. The van der Waals surface area contributed by atoms with E-state index in [-0.39, 0.29) is 5.78 Å². The van der Waals surface area contributed by atoms with Crippen LogP contribution in [0.1, 0.15) is 23.0 Å². The highest BCUT2D eigenvalue weighted by Gasteiger charge is 2.10. The molecular formula is C18H16N2O3S. The summed E-state index contributed by atoms with van der Waals surface area (Å²) in [5, 5.41) is 2.80. The van der Waals surface area contributed by atoms with Crippen molar-refractivity contribution in [2.75, 3.05) is 7.11 Å². The smallest absolute Gasteiger partial charge is 0.161 e. The van der Waals surface area contributed by atoms with E-state index in [1.54, 1.807) is 31.5 Å². The van der Waals surface area contributed by atoms with E-state index in [9.17, 15) is 4.79 Å². The number of pyridine rings is 1. The molecule has 2 aromatic heterocycles. The quantitative estimate of drug-likeness (QED) is 0.635. The number of benzene rings is 1. The van der Waals surface area contributed by atoms with Gasteiger partial charge in [0.05, 0.1) is 18.5 Å². The number of rotatable bonds is 6. The van der Waals surface area contributed by atoms with Gasteiger partial charge in [0.2, 0.25) is 0 Å². The maximum Gasteiger partial charge on any atom is 0.161 e. The molecule has 0 bridgehead atoms. The van der Waals surface area contributed by atoms with Crippen LogP contribution in [0.2, 0.25) is 0 Å². The van der Waals surface area contributed by atoms with Gasteiger partial charge in [-0.1, -0.05) is 6.07 Å². The van der Waals surface area contributed by atoms with Crippen LogP contribution in [0.25, 0.3) is 10.7 Å². The van der Waals surface area contributed by atoms with Crippen LogP contribution < -0.4 is 9.47 Å². The summed E-state index contributed by atoms with van der Waals surface area (Å²) in [6.45, 7) is 1.84. The van der Waals surface area contributed by atoms with E-state index in [2.05, 4.69) is 9.97 Å². The molecule has 5 nitrogen and oxygen atoms in total. The third kappa shape index (κ3) is 3.60. The Morgan fingerprint density at radius 3 is 2.79 bits per heavy atom. The van der Waals surface area contributed by atoms with Crippen LogP contribution in [-0.2, 0) is 6.61 Å². The number of aromatic nitrogens is 2. The molecule has 0 unspecified atom stereocenters. The maximum atomic E-state index is 11.4. The van der Waals surface area contributed by atoms with E-state index >= 15 is 0 Å². The molecule has 0 amide bonds. The third-order valence-corrected chi connectivity index (χ3v) is 4.30. The van der Waals surface area contributed by atoms with E-state index in [0.29, 0.717) is 23.7 Å². The fourth-order valence-corrected chi connectivity index (χ4v) is 2.92. The summed E-state index contributed by atoms with van der Waals surface area (Å²) in [6.07, 6.45) is 1.74. The number of thiazole rings is 1. The predicted molar refractivity (Wildman–Crippen MR) is 92.7 cm³/mol. The first-order chi connectivity index (χ1) is 11.7. The molecule has 0 atom stereocenters. The van der Waals surface area contributed by atoms with E-state index in [1.807, 2.05) is 23.6 Å². The Balaban J connectivity index is 1.72. The zero-order valence-corrected chi connectivity index (χ0v) is 14.2. The van der Waals surface area contributed by atoms with Crippen molar-refractivity contribution >= 4 is 17.1 Å². The van der Waals surface area contributed by atoms with Crippen LogP contribution >= 0.6 is 11.3 Å². The molecule has 0 spiro atoms. The molecule has 1 aromatic carbocycles. The maximum absolute atomic E-state index is 11.4. The Labute approximate surface area is 143 Å².